The molecule has 4 N–H and O–H groups in total. The quantitative estimate of drug-likeness (QED) is 0.676. The molecule has 1 saturated carbocycles. The van der Waals surface area contributed by atoms with Crippen molar-refractivity contribution in [3.8, 4) is 0 Å². The van der Waals surface area contributed by atoms with Gasteiger partial charge >= 0.3 is 6.09 Å². The number of carboxylic acid groups (broad SMARTS) is 1. The number of nitrogens with one attached hydrogen (secondary N) is 1. The lowest BCUT2D eigenvalue weighted by atomic mass is 9.83. The SMILES string of the molecule is CC[C@@H](N)C(CC1CCCCC1)NC(=O)O. The molecule has 0 saturated heterocycles. The number of rotatable bonds is 5. The Morgan fingerprint density at radius 1 is 1.44 bits per heavy atom. The van der Waals surface area contributed by atoms with Gasteiger partial charge in [-0.05, 0) is 18.8 Å². The van der Waals surface area contributed by atoms with E-state index in [9.17, 15) is 4.79 Å². The van der Waals surface area contributed by atoms with Gasteiger partial charge in [0, 0.05) is 12.1 Å². The van der Waals surface area contributed by atoms with Gasteiger partial charge in [0.2, 0.25) is 0 Å². The van der Waals surface area contributed by atoms with E-state index in [1.807, 2.05) is 6.92 Å². The summed E-state index contributed by atoms with van der Waals surface area (Å²) >= 11 is 0. The number of amides is 1. The zero-order valence-corrected chi connectivity index (χ0v) is 10.1. The second-order valence-corrected chi connectivity index (χ2v) is 4.87. The molecule has 0 aromatic rings. The maximum absolute atomic E-state index is 10.7. The Kier molecular flexibility index (Phi) is 5.60. The molecule has 0 spiro atoms. The van der Waals surface area contributed by atoms with Crippen LogP contribution in [0.3, 0.4) is 0 Å². The van der Waals surface area contributed by atoms with Gasteiger partial charge in [-0.1, -0.05) is 39.0 Å². The van der Waals surface area contributed by atoms with Gasteiger partial charge in [-0.2, -0.15) is 0 Å². The van der Waals surface area contributed by atoms with Crippen molar-refractivity contribution >= 4 is 6.09 Å². The summed E-state index contributed by atoms with van der Waals surface area (Å²) in [5.41, 5.74) is 5.96. The number of hydrogen-bond acceptors (Lipinski definition) is 2. The summed E-state index contributed by atoms with van der Waals surface area (Å²) in [6, 6.07) is -0.136. The maximum Gasteiger partial charge on any atom is 0.404 e. The van der Waals surface area contributed by atoms with Gasteiger partial charge < -0.3 is 16.2 Å². The molecule has 4 heteroatoms. The van der Waals surface area contributed by atoms with E-state index in [-0.39, 0.29) is 12.1 Å². The molecule has 0 radical (unpaired) electrons. The zero-order chi connectivity index (χ0) is 12.0. The molecule has 1 unspecified atom stereocenters. The zero-order valence-electron chi connectivity index (χ0n) is 10.1. The lowest BCUT2D eigenvalue weighted by Crippen LogP contribution is -2.48. The molecule has 4 nitrogen and oxygen atoms in total. The number of hydrogen-bond donors (Lipinski definition) is 3. The highest BCUT2D eigenvalue weighted by Gasteiger charge is 2.23. The van der Waals surface area contributed by atoms with E-state index >= 15 is 0 Å². The molecule has 0 aliphatic heterocycles. The minimum absolute atomic E-state index is 0.0574. The van der Waals surface area contributed by atoms with Crippen molar-refractivity contribution < 1.29 is 9.90 Å². The highest BCUT2D eigenvalue weighted by molar-refractivity contribution is 5.64. The fraction of sp³-hybridized carbons (Fsp3) is 0.917. The molecule has 1 aliphatic rings. The molecule has 2 atom stereocenters. The summed E-state index contributed by atoms with van der Waals surface area (Å²) in [5, 5.41) is 11.4. The fourth-order valence-corrected chi connectivity index (χ4v) is 2.57. The molecule has 16 heavy (non-hydrogen) atoms. The van der Waals surface area contributed by atoms with Crippen LogP contribution in [0.25, 0.3) is 0 Å². The fourth-order valence-electron chi connectivity index (χ4n) is 2.57. The highest BCUT2D eigenvalue weighted by Crippen LogP contribution is 2.28. The van der Waals surface area contributed by atoms with Crippen molar-refractivity contribution in [2.24, 2.45) is 11.7 Å². The molecule has 0 heterocycles. The van der Waals surface area contributed by atoms with E-state index in [1.165, 1.54) is 32.1 Å². The van der Waals surface area contributed by atoms with Crippen LogP contribution < -0.4 is 11.1 Å². The van der Waals surface area contributed by atoms with Crippen molar-refractivity contribution in [3.05, 3.63) is 0 Å². The van der Waals surface area contributed by atoms with Gasteiger partial charge in [-0.15, -0.1) is 0 Å². The van der Waals surface area contributed by atoms with Crippen LogP contribution in [0.15, 0.2) is 0 Å². The van der Waals surface area contributed by atoms with Crippen LogP contribution in [0.2, 0.25) is 0 Å². The normalized spacial score (nSPS) is 21.4. The van der Waals surface area contributed by atoms with Gasteiger partial charge in [0.1, 0.15) is 0 Å². The van der Waals surface area contributed by atoms with Gasteiger partial charge in [-0.3, -0.25) is 0 Å². The monoisotopic (exact) mass is 228 g/mol. The minimum atomic E-state index is -0.954. The van der Waals surface area contributed by atoms with Crippen molar-refractivity contribution in [2.45, 2.75) is 64.0 Å². The van der Waals surface area contributed by atoms with Gasteiger partial charge in [0.05, 0.1) is 0 Å². The minimum Gasteiger partial charge on any atom is -0.465 e. The second-order valence-electron chi connectivity index (χ2n) is 4.87. The summed E-state index contributed by atoms with van der Waals surface area (Å²) in [6.45, 7) is 2.00. The van der Waals surface area contributed by atoms with Crippen LogP contribution in [0.5, 0.6) is 0 Å². The smallest absolute Gasteiger partial charge is 0.404 e. The van der Waals surface area contributed by atoms with E-state index in [2.05, 4.69) is 5.32 Å². The summed E-state index contributed by atoms with van der Waals surface area (Å²) in [4.78, 5) is 10.7. The predicted molar refractivity (Wildman–Crippen MR) is 64.4 cm³/mol. The van der Waals surface area contributed by atoms with Crippen LogP contribution >= 0.6 is 0 Å². The van der Waals surface area contributed by atoms with Crippen molar-refractivity contribution in [1.29, 1.82) is 0 Å². The Morgan fingerprint density at radius 3 is 2.56 bits per heavy atom. The first-order valence-corrected chi connectivity index (χ1v) is 6.38. The van der Waals surface area contributed by atoms with Gasteiger partial charge in [-0.25, -0.2) is 4.79 Å². The molecule has 1 fully saturated rings. The summed E-state index contributed by atoms with van der Waals surface area (Å²) in [7, 11) is 0. The van der Waals surface area contributed by atoms with E-state index in [1.54, 1.807) is 0 Å². The van der Waals surface area contributed by atoms with E-state index in [4.69, 9.17) is 10.8 Å². The lowest BCUT2D eigenvalue weighted by Gasteiger charge is -2.29. The van der Waals surface area contributed by atoms with E-state index < -0.39 is 6.09 Å². The standard InChI is InChI=1S/C12H24N2O2/c1-2-10(13)11(14-12(15)16)8-9-6-4-3-5-7-9/h9-11,14H,2-8,13H2,1H3,(H,15,16)/t10-,11?/m1/s1. The molecule has 0 aromatic heterocycles. The number of carbonyl (C=O) groups is 1. The lowest BCUT2D eigenvalue weighted by molar-refractivity contribution is 0.181. The third kappa shape index (κ3) is 4.39. The van der Waals surface area contributed by atoms with Crippen LogP contribution in [0.1, 0.15) is 51.9 Å². The number of nitrogens with two attached hydrogens (primary N) is 1. The first-order valence-electron chi connectivity index (χ1n) is 6.38. The Balaban J connectivity index is 2.44. The van der Waals surface area contributed by atoms with E-state index in [0.717, 1.165) is 12.8 Å². The predicted octanol–water partition coefficient (Wildman–Crippen LogP) is 2.33. The van der Waals surface area contributed by atoms with Crippen LogP contribution in [0.4, 0.5) is 4.79 Å². The molecule has 0 aromatic carbocycles. The first kappa shape index (κ1) is 13.3. The molecular formula is C12H24N2O2. The first-order chi connectivity index (χ1) is 7.63. The maximum atomic E-state index is 10.7. The Morgan fingerprint density at radius 2 is 2.06 bits per heavy atom. The molecule has 1 amide bonds. The topological polar surface area (TPSA) is 75.3 Å². The average molecular weight is 228 g/mol. The third-order valence-electron chi connectivity index (χ3n) is 3.61. The molecule has 1 rings (SSSR count). The molecule has 1 aliphatic carbocycles. The van der Waals surface area contributed by atoms with Crippen molar-refractivity contribution in [2.75, 3.05) is 0 Å². The van der Waals surface area contributed by atoms with Gasteiger partial charge in [0.15, 0.2) is 0 Å². The molecule has 0 bridgehead atoms. The largest absolute Gasteiger partial charge is 0.465 e. The molecular weight excluding hydrogens is 204 g/mol. The second kappa shape index (κ2) is 6.74. The summed E-state index contributed by atoms with van der Waals surface area (Å²) < 4.78 is 0. The van der Waals surface area contributed by atoms with E-state index in [0.29, 0.717) is 5.92 Å². The van der Waals surface area contributed by atoms with Crippen LogP contribution in [0, 0.1) is 5.92 Å². The third-order valence-corrected chi connectivity index (χ3v) is 3.61. The van der Waals surface area contributed by atoms with Crippen molar-refractivity contribution in [1.82, 2.24) is 5.32 Å². The van der Waals surface area contributed by atoms with Crippen LogP contribution in [-0.4, -0.2) is 23.3 Å². The van der Waals surface area contributed by atoms with Gasteiger partial charge in [0.25, 0.3) is 0 Å². The van der Waals surface area contributed by atoms with Crippen molar-refractivity contribution in [3.63, 3.8) is 0 Å². The molecule has 94 valence electrons. The highest BCUT2D eigenvalue weighted by atomic mass is 16.4. The Bertz CT molecular complexity index is 215. The Hall–Kier alpha value is -0.770. The average Bonchev–Trinajstić information content (AvgIpc) is 2.28. The summed E-state index contributed by atoms with van der Waals surface area (Å²) in [5.74, 6) is 0.656. The Labute approximate surface area is 97.6 Å². The van der Waals surface area contributed by atoms with Crippen LogP contribution in [-0.2, 0) is 0 Å². The summed E-state index contributed by atoms with van der Waals surface area (Å²) in [6.07, 6.45) is 7.12.